The molecule has 0 bridgehead atoms. The van der Waals surface area contributed by atoms with Crippen LogP contribution >= 0.6 is 11.6 Å². The standard InChI is InChI=1S/C17H26ClN5/c1-2-3-6-16-20-15(17(18)21-16)12-22-8-4-5-14(10-22)11-23-9-7-19-13-23/h7,9,13-14H,2-6,8,10-12H2,1H3,(H,20,21)/t14-/m1/s1. The molecule has 0 saturated carbocycles. The maximum Gasteiger partial charge on any atom is 0.151 e. The van der Waals surface area contributed by atoms with Crippen molar-refractivity contribution >= 4 is 11.6 Å². The number of unbranched alkanes of at least 4 members (excludes halogenated alkanes) is 1. The van der Waals surface area contributed by atoms with Crippen molar-refractivity contribution in [1.82, 2.24) is 24.4 Å². The molecule has 5 nitrogen and oxygen atoms in total. The number of aromatic nitrogens is 4. The topological polar surface area (TPSA) is 49.7 Å². The number of nitrogens with one attached hydrogen (secondary N) is 1. The average molecular weight is 336 g/mol. The van der Waals surface area contributed by atoms with E-state index in [0.717, 1.165) is 50.5 Å². The zero-order chi connectivity index (χ0) is 16.1. The molecule has 1 saturated heterocycles. The van der Waals surface area contributed by atoms with Gasteiger partial charge in [-0.25, -0.2) is 9.97 Å². The Morgan fingerprint density at radius 2 is 2.35 bits per heavy atom. The van der Waals surface area contributed by atoms with Crippen molar-refractivity contribution in [2.75, 3.05) is 13.1 Å². The maximum atomic E-state index is 6.31. The van der Waals surface area contributed by atoms with Gasteiger partial charge in [0.1, 0.15) is 5.82 Å². The number of nitrogens with zero attached hydrogens (tertiary/aromatic N) is 4. The number of piperidine rings is 1. The third-order valence-electron chi connectivity index (χ3n) is 4.56. The number of hydrogen-bond acceptors (Lipinski definition) is 3. The second-order valence-corrected chi connectivity index (χ2v) is 6.92. The average Bonchev–Trinajstić information content (AvgIpc) is 3.16. The van der Waals surface area contributed by atoms with Gasteiger partial charge < -0.3 is 9.55 Å². The van der Waals surface area contributed by atoms with E-state index in [0.29, 0.717) is 11.1 Å². The smallest absolute Gasteiger partial charge is 0.151 e. The van der Waals surface area contributed by atoms with Crippen molar-refractivity contribution in [3.8, 4) is 0 Å². The Hall–Kier alpha value is -1.33. The van der Waals surface area contributed by atoms with Gasteiger partial charge in [-0.1, -0.05) is 24.9 Å². The molecule has 23 heavy (non-hydrogen) atoms. The molecule has 3 heterocycles. The van der Waals surface area contributed by atoms with Gasteiger partial charge in [0.25, 0.3) is 0 Å². The van der Waals surface area contributed by atoms with Crippen LogP contribution in [-0.2, 0) is 19.5 Å². The number of imidazole rings is 2. The molecule has 6 heteroatoms. The number of H-pyrrole nitrogens is 1. The minimum atomic E-state index is 0.646. The Balaban J connectivity index is 1.56. The van der Waals surface area contributed by atoms with Gasteiger partial charge in [-0.2, -0.15) is 0 Å². The first-order valence-corrected chi connectivity index (χ1v) is 9.03. The Kier molecular flexibility index (Phi) is 5.73. The summed E-state index contributed by atoms with van der Waals surface area (Å²) in [7, 11) is 0. The lowest BCUT2D eigenvalue weighted by Crippen LogP contribution is -2.36. The van der Waals surface area contributed by atoms with Crippen LogP contribution in [0.5, 0.6) is 0 Å². The minimum absolute atomic E-state index is 0.646. The zero-order valence-electron chi connectivity index (χ0n) is 13.8. The van der Waals surface area contributed by atoms with Gasteiger partial charge in [0.05, 0.1) is 12.0 Å². The van der Waals surface area contributed by atoms with Crippen LogP contribution in [-0.4, -0.2) is 37.5 Å². The highest BCUT2D eigenvalue weighted by Gasteiger charge is 2.22. The van der Waals surface area contributed by atoms with Crippen LogP contribution in [0.15, 0.2) is 18.7 Å². The Morgan fingerprint density at radius 1 is 1.43 bits per heavy atom. The summed E-state index contributed by atoms with van der Waals surface area (Å²) in [4.78, 5) is 14.5. The molecule has 0 unspecified atom stereocenters. The fourth-order valence-corrected chi connectivity index (χ4v) is 3.58. The highest BCUT2D eigenvalue weighted by Crippen LogP contribution is 2.22. The molecule has 126 valence electrons. The predicted octanol–water partition coefficient (Wildman–Crippen LogP) is 3.51. The number of aryl methyl sites for hydroxylation is 1. The van der Waals surface area contributed by atoms with Crippen LogP contribution < -0.4 is 0 Å². The lowest BCUT2D eigenvalue weighted by atomic mass is 9.98. The number of aromatic amines is 1. The van der Waals surface area contributed by atoms with Crippen molar-refractivity contribution in [3.05, 3.63) is 35.4 Å². The van der Waals surface area contributed by atoms with Crippen molar-refractivity contribution in [3.63, 3.8) is 0 Å². The SMILES string of the molecule is CCCCc1nc(Cl)c(CN2CCC[C@@H](Cn3ccnc3)C2)[nH]1. The molecule has 1 atom stereocenters. The van der Waals surface area contributed by atoms with Crippen molar-refractivity contribution in [2.45, 2.75) is 52.1 Å². The van der Waals surface area contributed by atoms with Crippen LogP contribution in [0.25, 0.3) is 0 Å². The van der Waals surface area contributed by atoms with Crippen molar-refractivity contribution < 1.29 is 0 Å². The molecule has 0 aromatic carbocycles. The molecular weight excluding hydrogens is 310 g/mol. The van der Waals surface area contributed by atoms with Gasteiger partial charge in [-0.3, -0.25) is 4.90 Å². The van der Waals surface area contributed by atoms with E-state index in [2.05, 4.69) is 31.3 Å². The van der Waals surface area contributed by atoms with Crippen LogP contribution in [0.4, 0.5) is 0 Å². The molecule has 1 fully saturated rings. The van der Waals surface area contributed by atoms with Gasteiger partial charge >= 0.3 is 0 Å². The van der Waals surface area contributed by atoms with E-state index in [1.807, 2.05) is 18.7 Å². The molecule has 1 aliphatic heterocycles. The van der Waals surface area contributed by atoms with Crippen LogP contribution in [0.1, 0.15) is 44.1 Å². The summed E-state index contributed by atoms with van der Waals surface area (Å²) in [6.45, 7) is 6.37. The molecular formula is C17H26ClN5. The lowest BCUT2D eigenvalue weighted by molar-refractivity contribution is 0.154. The van der Waals surface area contributed by atoms with Gasteiger partial charge in [0, 0.05) is 38.4 Å². The third kappa shape index (κ3) is 4.58. The summed E-state index contributed by atoms with van der Waals surface area (Å²) in [6, 6.07) is 0. The van der Waals surface area contributed by atoms with Gasteiger partial charge in [0.2, 0.25) is 0 Å². The van der Waals surface area contributed by atoms with E-state index >= 15 is 0 Å². The Bertz CT molecular complexity index is 592. The highest BCUT2D eigenvalue weighted by atomic mass is 35.5. The molecule has 3 rings (SSSR count). The molecule has 0 radical (unpaired) electrons. The fraction of sp³-hybridized carbons (Fsp3) is 0.647. The van der Waals surface area contributed by atoms with E-state index in [-0.39, 0.29) is 0 Å². The van der Waals surface area contributed by atoms with E-state index in [9.17, 15) is 0 Å². The second-order valence-electron chi connectivity index (χ2n) is 6.56. The van der Waals surface area contributed by atoms with Crippen LogP contribution in [0, 0.1) is 5.92 Å². The quantitative estimate of drug-likeness (QED) is 0.842. The molecule has 0 amide bonds. The Labute approximate surface area is 143 Å². The van der Waals surface area contributed by atoms with Gasteiger partial charge in [-0.15, -0.1) is 0 Å². The van der Waals surface area contributed by atoms with E-state index < -0.39 is 0 Å². The van der Waals surface area contributed by atoms with E-state index in [4.69, 9.17) is 11.6 Å². The monoisotopic (exact) mass is 335 g/mol. The zero-order valence-corrected chi connectivity index (χ0v) is 14.6. The number of rotatable bonds is 7. The first-order chi connectivity index (χ1) is 11.2. The number of halogens is 1. The largest absolute Gasteiger partial charge is 0.344 e. The summed E-state index contributed by atoms with van der Waals surface area (Å²) in [5.74, 6) is 1.71. The summed E-state index contributed by atoms with van der Waals surface area (Å²) in [6.07, 6.45) is 11.6. The molecule has 0 aliphatic carbocycles. The predicted molar refractivity (Wildman–Crippen MR) is 92.4 cm³/mol. The minimum Gasteiger partial charge on any atom is -0.344 e. The number of likely N-dealkylation sites (tertiary alicyclic amines) is 1. The summed E-state index contributed by atoms with van der Waals surface area (Å²) < 4.78 is 2.18. The first-order valence-electron chi connectivity index (χ1n) is 8.66. The summed E-state index contributed by atoms with van der Waals surface area (Å²) in [5.41, 5.74) is 1.07. The third-order valence-corrected chi connectivity index (χ3v) is 4.87. The van der Waals surface area contributed by atoms with Crippen LogP contribution in [0.2, 0.25) is 5.15 Å². The number of hydrogen-bond donors (Lipinski definition) is 1. The lowest BCUT2D eigenvalue weighted by Gasteiger charge is -2.32. The second kappa shape index (κ2) is 7.97. The fourth-order valence-electron chi connectivity index (χ4n) is 3.37. The molecule has 2 aromatic heterocycles. The van der Waals surface area contributed by atoms with Gasteiger partial charge in [-0.05, 0) is 31.7 Å². The molecule has 0 spiro atoms. The van der Waals surface area contributed by atoms with E-state index in [1.165, 1.54) is 19.3 Å². The van der Waals surface area contributed by atoms with E-state index in [1.54, 1.807) is 0 Å². The van der Waals surface area contributed by atoms with Crippen molar-refractivity contribution in [1.29, 1.82) is 0 Å². The Morgan fingerprint density at radius 3 is 3.13 bits per heavy atom. The maximum absolute atomic E-state index is 6.31. The first kappa shape index (κ1) is 16.5. The van der Waals surface area contributed by atoms with Gasteiger partial charge in [0.15, 0.2) is 5.15 Å². The summed E-state index contributed by atoms with van der Waals surface area (Å²) >= 11 is 6.31. The molecule has 1 N–H and O–H groups in total. The van der Waals surface area contributed by atoms with Crippen molar-refractivity contribution in [2.24, 2.45) is 5.92 Å². The molecule has 2 aromatic rings. The van der Waals surface area contributed by atoms with Crippen LogP contribution in [0.3, 0.4) is 0 Å². The summed E-state index contributed by atoms with van der Waals surface area (Å²) in [5, 5.41) is 0.646. The highest BCUT2D eigenvalue weighted by molar-refractivity contribution is 6.30. The normalized spacial score (nSPS) is 19.3. The molecule has 1 aliphatic rings.